The minimum absolute atomic E-state index is 0.0774. The van der Waals surface area contributed by atoms with Gasteiger partial charge in [0.1, 0.15) is 5.82 Å². The summed E-state index contributed by atoms with van der Waals surface area (Å²) in [6, 6.07) is 8.09. The molecule has 1 aromatic heterocycles. The van der Waals surface area contributed by atoms with Crippen molar-refractivity contribution in [2.45, 2.75) is 39.0 Å². The molecule has 0 amide bonds. The van der Waals surface area contributed by atoms with Gasteiger partial charge in [-0.3, -0.25) is 4.79 Å². The molecule has 0 saturated carbocycles. The molecule has 0 fully saturated rings. The van der Waals surface area contributed by atoms with Crippen molar-refractivity contribution < 1.29 is 4.79 Å². The van der Waals surface area contributed by atoms with E-state index in [4.69, 9.17) is 5.73 Å². The third kappa shape index (κ3) is 2.46. The molecule has 0 unspecified atom stereocenters. The van der Waals surface area contributed by atoms with Crippen molar-refractivity contribution in [3.8, 4) is 0 Å². The monoisotopic (exact) mass is 269 g/mol. The number of nitrogens with zero attached hydrogens (tertiary/aromatic N) is 2. The molecule has 2 aromatic rings. The first-order chi connectivity index (χ1) is 9.63. The van der Waals surface area contributed by atoms with Crippen LogP contribution in [0.1, 0.15) is 40.0 Å². The van der Waals surface area contributed by atoms with Crippen LogP contribution < -0.4 is 5.73 Å². The summed E-state index contributed by atoms with van der Waals surface area (Å²) in [7, 11) is 0. The van der Waals surface area contributed by atoms with Crippen LogP contribution in [-0.4, -0.2) is 15.7 Å². The average molecular weight is 269 g/mol. The maximum atomic E-state index is 12.2. The van der Waals surface area contributed by atoms with Gasteiger partial charge in [0.25, 0.3) is 5.91 Å². The highest BCUT2D eigenvalue weighted by Gasteiger charge is 2.14. The number of carbonyl (C=O) groups is 1. The fourth-order valence-electron chi connectivity index (χ4n) is 2.87. The van der Waals surface area contributed by atoms with E-state index in [9.17, 15) is 4.79 Å². The van der Waals surface area contributed by atoms with Crippen LogP contribution in [0.5, 0.6) is 0 Å². The summed E-state index contributed by atoms with van der Waals surface area (Å²) in [5, 5.41) is 4.14. The number of rotatable bonds is 2. The normalized spacial score (nSPS) is 14.1. The zero-order chi connectivity index (χ0) is 14.1. The molecule has 0 atom stereocenters. The molecule has 0 aliphatic heterocycles. The summed E-state index contributed by atoms with van der Waals surface area (Å²) in [6.07, 6.45) is 5.15. The van der Waals surface area contributed by atoms with Gasteiger partial charge in [-0.1, -0.05) is 18.2 Å². The van der Waals surface area contributed by atoms with E-state index in [0.29, 0.717) is 12.2 Å². The van der Waals surface area contributed by atoms with Crippen molar-refractivity contribution in [1.29, 1.82) is 0 Å². The molecule has 1 heterocycles. The van der Waals surface area contributed by atoms with E-state index in [-0.39, 0.29) is 5.91 Å². The Kier molecular flexibility index (Phi) is 3.30. The second kappa shape index (κ2) is 5.12. The lowest BCUT2D eigenvalue weighted by Gasteiger charge is -2.16. The molecule has 0 spiro atoms. The Labute approximate surface area is 118 Å². The van der Waals surface area contributed by atoms with Gasteiger partial charge in [0.05, 0.1) is 12.1 Å². The fraction of sp³-hybridized carbons (Fsp3) is 0.375. The van der Waals surface area contributed by atoms with Crippen molar-refractivity contribution >= 4 is 11.7 Å². The molecule has 0 bridgehead atoms. The molecule has 1 aromatic carbocycles. The zero-order valence-electron chi connectivity index (χ0n) is 11.7. The molecular weight excluding hydrogens is 250 g/mol. The summed E-state index contributed by atoms with van der Waals surface area (Å²) in [5.41, 5.74) is 10.4. The number of anilines is 1. The van der Waals surface area contributed by atoms with Gasteiger partial charge >= 0.3 is 0 Å². The molecule has 0 radical (unpaired) electrons. The predicted molar refractivity (Wildman–Crippen MR) is 78.8 cm³/mol. The Morgan fingerprint density at radius 2 is 2.00 bits per heavy atom. The van der Waals surface area contributed by atoms with E-state index in [2.05, 4.69) is 23.3 Å². The van der Waals surface area contributed by atoms with E-state index in [1.165, 1.54) is 28.7 Å². The van der Waals surface area contributed by atoms with Crippen molar-refractivity contribution in [3.63, 3.8) is 0 Å². The highest BCUT2D eigenvalue weighted by atomic mass is 16.2. The Bertz CT molecular complexity index is 658. The van der Waals surface area contributed by atoms with Crippen molar-refractivity contribution in [1.82, 2.24) is 9.78 Å². The number of hydrogen-bond donors (Lipinski definition) is 1. The van der Waals surface area contributed by atoms with Crippen LogP contribution in [0, 0.1) is 6.92 Å². The van der Waals surface area contributed by atoms with Crippen LogP contribution in [0.2, 0.25) is 0 Å². The fourth-order valence-corrected chi connectivity index (χ4v) is 2.87. The number of carbonyl (C=O) groups excluding carboxylic acids is 1. The highest BCUT2D eigenvalue weighted by molar-refractivity contribution is 5.83. The first kappa shape index (κ1) is 12.9. The Hall–Kier alpha value is -2.10. The molecule has 3 rings (SSSR count). The topological polar surface area (TPSA) is 60.9 Å². The van der Waals surface area contributed by atoms with Gasteiger partial charge < -0.3 is 5.73 Å². The van der Waals surface area contributed by atoms with Gasteiger partial charge in [0.15, 0.2) is 0 Å². The summed E-state index contributed by atoms with van der Waals surface area (Å²) < 4.78 is 1.30. The number of fused-ring (bicyclic) bond motifs is 1. The lowest BCUT2D eigenvalue weighted by atomic mass is 9.90. The summed E-state index contributed by atoms with van der Waals surface area (Å²) in [4.78, 5) is 12.2. The summed E-state index contributed by atoms with van der Waals surface area (Å²) in [6.45, 7) is 1.83. The Balaban J connectivity index is 1.81. The average Bonchev–Trinajstić information content (AvgIpc) is 2.78. The first-order valence-electron chi connectivity index (χ1n) is 7.09. The smallest absolute Gasteiger partial charge is 0.253 e. The standard InChI is InChI=1S/C16H19N3O/c1-11-8-15(17)19(18-11)16(20)10-12-6-7-13-4-2-3-5-14(13)9-12/h6-9H,2-5,10,17H2,1H3. The lowest BCUT2D eigenvalue weighted by molar-refractivity contribution is 0.0901. The SMILES string of the molecule is Cc1cc(N)n(C(=O)Cc2ccc3c(c2)CCCC3)n1. The minimum Gasteiger partial charge on any atom is -0.383 e. The van der Waals surface area contributed by atoms with E-state index in [0.717, 1.165) is 24.1 Å². The van der Waals surface area contributed by atoms with Crippen molar-refractivity contribution in [2.75, 3.05) is 5.73 Å². The van der Waals surface area contributed by atoms with E-state index >= 15 is 0 Å². The van der Waals surface area contributed by atoms with Crippen LogP contribution in [0.25, 0.3) is 0 Å². The van der Waals surface area contributed by atoms with Crippen LogP contribution in [0.15, 0.2) is 24.3 Å². The minimum atomic E-state index is -0.0774. The highest BCUT2D eigenvalue weighted by Crippen LogP contribution is 2.22. The van der Waals surface area contributed by atoms with E-state index in [1.807, 2.05) is 6.92 Å². The third-order valence-corrected chi connectivity index (χ3v) is 3.86. The zero-order valence-corrected chi connectivity index (χ0v) is 11.7. The Morgan fingerprint density at radius 3 is 2.70 bits per heavy atom. The van der Waals surface area contributed by atoms with Gasteiger partial charge in [-0.15, -0.1) is 0 Å². The van der Waals surface area contributed by atoms with E-state index in [1.54, 1.807) is 6.07 Å². The van der Waals surface area contributed by atoms with E-state index < -0.39 is 0 Å². The molecule has 4 heteroatoms. The number of nitrogen functional groups attached to an aromatic ring is 1. The molecule has 104 valence electrons. The quantitative estimate of drug-likeness (QED) is 0.911. The van der Waals surface area contributed by atoms with Gasteiger partial charge in [-0.05, 0) is 49.3 Å². The predicted octanol–water partition coefficient (Wildman–Crippen LogP) is 2.54. The largest absolute Gasteiger partial charge is 0.383 e. The van der Waals surface area contributed by atoms with Crippen LogP contribution in [0.4, 0.5) is 5.82 Å². The summed E-state index contributed by atoms with van der Waals surface area (Å²) in [5.74, 6) is 0.330. The van der Waals surface area contributed by atoms with Gasteiger partial charge in [0, 0.05) is 6.07 Å². The second-order valence-corrected chi connectivity index (χ2v) is 5.50. The Morgan fingerprint density at radius 1 is 1.25 bits per heavy atom. The first-order valence-corrected chi connectivity index (χ1v) is 7.09. The molecule has 4 nitrogen and oxygen atoms in total. The summed E-state index contributed by atoms with van der Waals surface area (Å²) >= 11 is 0. The molecular formula is C16H19N3O. The number of aromatic nitrogens is 2. The molecule has 20 heavy (non-hydrogen) atoms. The maximum Gasteiger partial charge on any atom is 0.253 e. The molecule has 0 saturated heterocycles. The van der Waals surface area contributed by atoms with Crippen LogP contribution in [0.3, 0.4) is 0 Å². The van der Waals surface area contributed by atoms with Gasteiger partial charge in [-0.25, -0.2) is 0 Å². The number of nitrogens with two attached hydrogens (primary N) is 1. The molecule has 1 aliphatic carbocycles. The number of hydrogen-bond acceptors (Lipinski definition) is 3. The van der Waals surface area contributed by atoms with Crippen molar-refractivity contribution in [3.05, 3.63) is 46.6 Å². The van der Waals surface area contributed by atoms with Gasteiger partial charge in [-0.2, -0.15) is 9.78 Å². The molecule has 1 aliphatic rings. The van der Waals surface area contributed by atoms with Crippen molar-refractivity contribution in [2.24, 2.45) is 0 Å². The number of benzene rings is 1. The second-order valence-electron chi connectivity index (χ2n) is 5.50. The van der Waals surface area contributed by atoms with Crippen LogP contribution >= 0.6 is 0 Å². The maximum absolute atomic E-state index is 12.2. The number of aryl methyl sites for hydroxylation is 3. The third-order valence-electron chi connectivity index (χ3n) is 3.86. The molecule has 2 N–H and O–H groups in total. The van der Waals surface area contributed by atoms with Crippen LogP contribution in [-0.2, 0) is 19.3 Å². The van der Waals surface area contributed by atoms with Gasteiger partial charge in [0.2, 0.25) is 0 Å². The lowest BCUT2D eigenvalue weighted by Crippen LogP contribution is -2.17.